The van der Waals surface area contributed by atoms with Crippen molar-refractivity contribution < 1.29 is 23.8 Å². The lowest BCUT2D eigenvalue weighted by Gasteiger charge is -2.47. The van der Waals surface area contributed by atoms with Gasteiger partial charge >= 0.3 is 0 Å². The molecule has 29 heavy (non-hydrogen) atoms. The molecule has 1 aromatic carbocycles. The van der Waals surface area contributed by atoms with Crippen LogP contribution in [0.4, 0.5) is 0 Å². The van der Waals surface area contributed by atoms with Crippen molar-refractivity contribution >= 4 is 11.8 Å². The highest BCUT2D eigenvalue weighted by Crippen LogP contribution is 2.25. The molecule has 2 aliphatic rings. The minimum atomic E-state index is -1.02. The van der Waals surface area contributed by atoms with Crippen molar-refractivity contribution in [3.05, 3.63) is 60.4 Å². The Morgan fingerprint density at radius 3 is 2.38 bits per heavy atom. The van der Waals surface area contributed by atoms with E-state index in [9.17, 15) is 9.59 Å². The van der Waals surface area contributed by atoms with Crippen LogP contribution in [0.2, 0.25) is 0 Å². The average Bonchev–Trinajstić information content (AvgIpc) is 2.78. The van der Waals surface area contributed by atoms with Crippen molar-refractivity contribution in [1.29, 1.82) is 0 Å². The van der Waals surface area contributed by atoms with Gasteiger partial charge in [0.15, 0.2) is 6.61 Å². The average molecular weight is 397 g/mol. The van der Waals surface area contributed by atoms with Crippen molar-refractivity contribution in [2.75, 3.05) is 46.0 Å². The van der Waals surface area contributed by atoms with Crippen molar-refractivity contribution in [2.24, 2.45) is 0 Å². The van der Waals surface area contributed by atoms with Crippen molar-refractivity contribution in [3.63, 3.8) is 0 Å². The molecule has 0 bridgehead atoms. The van der Waals surface area contributed by atoms with Gasteiger partial charge in [0.25, 0.3) is 11.8 Å². The van der Waals surface area contributed by atoms with Crippen LogP contribution in [0.25, 0.3) is 0 Å². The highest BCUT2D eigenvalue weighted by atomic mass is 16.7. The molecule has 1 spiro atoms. The number of carbonyl (C=O) groups is 2. The van der Waals surface area contributed by atoms with E-state index in [4.69, 9.17) is 14.2 Å². The maximum absolute atomic E-state index is 12.8. The third-order valence-corrected chi connectivity index (χ3v) is 4.95. The molecular formula is C21H23N3O5. The smallest absolute Gasteiger partial charge is 0.272 e. The number of amides is 2. The fraction of sp³-hybridized carbons (Fsp3) is 0.381. The summed E-state index contributed by atoms with van der Waals surface area (Å²) in [5.41, 5.74) is 0.379. The van der Waals surface area contributed by atoms with Gasteiger partial charge < -0.3 is 24.0 Å². The normalized spacial score (nSPS) is 21.8. The number of ether oxygens (including phenoxy) is 3. The Kier molecular flexibility index (Phi) is 5.73. The Hall–Kier alpha value is -2.97. The molecule has 1 unspecified atom stereocenters. The van der Waals surface area contributed by atoms with Gasteiger partial charge in [-0.15, -0.1) is 0 Å². The minimum Gasteiger partial charge on any atom is -0.484 e. The number of aromatic nitrogens is 1. The number of morpholine rings is 2. The fourth-order valence-corrected chi connectivity index (χ4v) is 3.49. The van der Waals surface area contributed by atoms with Gasteiger partial charge in [0, 0.05) is 19.3 Å². The summed E-state index contributed by atoms with van der Waals surface area (Å²) in [4.78, 5) is 32.9. The summed E-state index contributed by atoms with van der Waals surface area (Å²) < 4.78 is 17.4. The molecule has 2 fully saturated rings. The summed E-state index contributed by atoms with van der Waals surface area (Å²) in [6.07, 6.45) is 1.59. The predicted octanol–water partition coefficient (Wildman–Crippen LogP) is 1.19. The summed E-state index contributed by atoms with van der Waals surface area (Å²) >= 11 is 0. The van der Waals surface area contributed by atoms with Gasteiger partial charge in [0.2, 0.25) is 5.79 Å². The van der Waals surface area contributed by atoms with Crippen LogP contribution >= 0.6 is 0 Å². The minimum absolute atomic E-state index is 0.0589. The Morgan fingerprint density at radius 1 is 0.966 bits per heavy atom. The molecule has 0 saturated carbocycles. The Morgan fingerprint density at radius 2 is 1.66 bits per heavy atom. The molecule has 3 heterocycles. The topological polar surface area (TPSA) is 81.2 Å². The molecule has 2 aliphatic heterocycles. The quantitative estimate of drug-likeness (QED) is 0.771. The van der Waals surface area contributed by atoms with E-state index in [1.165, 1.54) is 0 Å². The molecule has 0 radical (unpaired) electrons. The predicted molar refractivity (Wildman–Crippen MR) is 103 cm³/mol. The number of para-hydroxylation sites is 1. The van der Waals surface area contributed by atoms with E-state index in [0.29, 0.717) is 37.7 Å². The maximum atomic E-state index is 12.8. The van der Waals surface area contributed by atoms with Gasteiger partial charge in [-0.1, -0.05) is 24.3 Å². The lowest BCUT2D eigenvalue weighted by Crippen LogP contribution is -2.64. The van der Waals surface area contributed by atoms with Gasteiger partial charge in [0.1, 0.15) is 11.4 Å². The molecule has 0 N–H and O–H groups in total. The Labute approximate surface area is 169 Å². The summed E-state index contributed by atoms with van der Waals surface area (Å²) in [5, 5.41) is 0. The van der Waals surface area contributed by atoms with Crippen LogP contribution in [0, 0.1) is 0 Å². The third-order valence-electron chi connectivity index (χ3n) is 4.95. The number of hydrogen-bond acceptors (Lipinski definition) is 6. The highest BCUT2D eigenvalue weighted by Gasteiger charge is 2.44. The molecule has 2 saturated heterocycles. The first kappa shape index (κ1) is 19.4. The van der Waals surface area contributed by atoms with E-state index < -0.39 is 5.79 Å². The molecular weight excluding hydrogens is 374 g/mol. The second-order valence-electron chi connectivity index (χ2n) is 6.97. The zero-order valence-electron chi connectivity index (χ0n) is 16.0. The first-order valence-electron chi connectivity index (χ1n) is 9.59. The SMILES string of the molecule is O=C(COc1ccccc1)N1CCOC2(C1)CN(C(=O)c1ccccn1)CCO2. The van der Waals surface area contributed by atoms with Gasteiger partial charge in [-0.3, -0.25) is 14.6 Å². The molecule has 2 aromatic rings. The summed E-state index contributed by atoms with van der Waals surface area (Å²) in [5.74, 6) is -0.700. The lowest BCUT2D eigenvalue weighted by atomic mass is 10.1. The van der Waals surface area contributed by atoms with Gasteiger partial charge in [-0.25, -0.2) is 0 Å². The standard InChI is InChI=1S/C21H23N3O5/c25-19(14-27-17-6-2-1-3-7-17)23-10-12-28-21(15-23)16-24(11-13-29-21)20(26)18-8-4-5-9-22-18/h1-9H,10-16H2. The second kappa shape index (κ2) is 8.59. The van der Waals surface area contributed by atoms with E-state index >= 15 is 0 Å². The highest BCUT2D eigenvalue weighted by molar-refractivity contribution is 5.92. The molecule has 0 aliphatic carbocycles. The van der Waals surface area contributed by atoms with Gasteiger partial charge in [-0.05, 0) is 24.3 Å². The van der Waals surface area contributed by atoms with Crippen LogP contribution in [0.1, 0.15) is 10.5 Å². The number of carbonyl (C=O) groups excluding carboxylic acids is 2. The Bertz CT molecular complexity index is 844. The van der Waals surface area contributed by atoms with Crippen LogP contribution < -0.4 is 4.74 Å². The van der Waals surface area contributed by atoms with Crippen molar-refractivity contribution in [3.8, 4) is 5.75 Å². The molecule has 4 rings (SSSR count). The zero-order valence-corrected chi connectivity index (χ0v) is 16.0. The number of hydrogen-bond donors (Lipinski definition) is 0. The van der Waals surface area contributed by atoms with Crippen LogP contribution in [-0.4, -0.2) is 78.4 Å². The van der Waals surface area contributed by atoms with Crippen molar-refractivity contribution in [2.45, 2.75) is 5.79 Å². The molecule has 152 valence electrons. The van der Waals surface area contributed by atoms with E-state index in [2.05, 4.69) is 4.98 Å². The summed E-state index contributed by atoms with van der Waals surface area (Å²) in [6.45, 7) is 2.00. The van der Waals surface area contributed by atoms with Crippen LogP contribution in [0.3, 0.4) is 0 Å². The third kappa shape index (κ3) is 4.55. The molecule has 1 atom stereocenters. The fourth-order valence-electron chi connectivity index (χ4n) is 3.49. The van der Waals surface area contributed by atoms with E-state index in [0.717, 1.165) is 0 Å². The van der Waals surface area contributed by atoms with Crippen LogP contribution in [0.15, 0.2) is 54.7 Å². The maximum Gasteiger partial charge on any atom is 0.272 e. The number of pyridine rings is 1. The monoisotopic (exact) mass is 397 g/mol. The van der Waals surface area contributed by atoms with Crippen LogP contribution in [-0.2, 0) is 14.3 Å². The van der Waals surface area contributed by atoms with Crippen molar-refractivity contribution in [1.82, 2.24) is 14.8 Å². The Balaban J connectivity index is 1.38. The van der Waals surface area contributed by atoms with Crippen LogP contribution in [0.5, 0.6) is 5.75 Å². The molecule has 2 amide bonds. The van der Waals surface area contributed by atoms with E-state index in [1.54, 1.807) is 46.3 Å². The van der Waals surface area contributed by atoms with E-state index in [-0.39, 0.29) is 31.5 Å². The first-order chi connectivity index (χ1) is 14.2. The largest absolute Gasteiger partial charge is 0.484 e. The molecule has 8 heteroatoms. The first-order valence-corrected chi connectivity index (χ1v) is 9.59. The second-order valence-corrected chi connectivity index (χ2v) is 6.97. The van der Waals surface area contributed by atoms with Gasteiger partial charge in [-0.2, -0.15) is 0 Å². The molecule has 8 nitrogen and oxygen atoms in total. The molecule has 1 aromatic heterocycles. The lowest BCUT2D eigenvalue weighted by molar-refractivity contribution is -0.284. The number of rotatable bonds is 4. The van der Waals surface area contributed by atoms with Gasteiger partial charge in [0.05, 0.1) is 26.3 Å². The van der Waals surface area contributed by atoms with E-state index in [1.807, 2.05) is 18.2 Å². The number of nitrogens with zero attached hydrogens (tertiary/aromatic N) is 3. The number of benzene rings is 1. The summed E-state index contributed by atoms with van der Waals surface area (Å²) in [7, 11) is 0. The zero-order chi connectivity index (χ0) is 20.1. The summed E-state index contributed by atoms with van der Waals surface area (Å²) in [6, 6.07) is 14.4.